The fraction of sp³-hybridized carbons (Fsp3) is 0.0635. The molecule has 0 radical (unpaired) electrons. The van der Waals surface area contributed by atoms with Gasteiger partial charge in [-0.15, -0.1) is 0 Å². The molecule has 0 saturated heterocycles. The third kappa shape index (κ3) is 8.92. The molecule has 9 aromatic carbocycles. The zero-order valence-electron chi connectivity index (χ0n) is 40.8. The fourth-order valence-corrected chi connectivity index (χ4v) is 10.5. The van der Waals surface area contributed by atoms with Crippen LogP contribution in [0.1, 0.15) is 27.8 Å². The molecule has 0 fully saturated rings. The molecule has 0 amide bonds. The van der Waals surface area contributed by atoms with Crippen LogP contribution in [0.3, 0.4) is 0 Å². The van der Waals surface area contributed by atoms with Crippen LogP contribution in [0.25, 0.3) is 111 Å². The number of halogens is 12. The number of alkyl halides is 12. The highest BCUT2D eigenvalue weighted by Crippen LogP contribution is 2.47. The summed E-state index contributed by atoms with van der Waals surface area (Å²) in [4.78, 5) is 10.2. The Hall–Kier alpha value is -9.69. The van der Waals surface area contributed by atoms with Crippen molar-refractivity contribution < 1.29 is 52.7 Å². The van der Waals surface area contributed by atoms with E-state index in [1.165, 1.54) is 24.3 Å². The molecule has 0 aliphatic rings. The molecule has 17 heteroatoms. The summed E-state index contributed by atoms with van der Waals surface area (Å²) in [5.74, 6) is 0.124. The summed E-state index contributed by atoms with van der Waals surface area (Å²) in [6, 6.07) is 51.0. The molecule has 0 N–H and O–H groups in total. The van der Waals surface area contributed by atoms with E-state index in [-0.39, 0.29) is 62.6 Å². The first-order valence-corrected chi connectivity index (χ1v) is 24.4. The highest BCUT2D eigenvalue weighted by atomic mass is 19.4. The average molecular weight is 1090 g/mol. The summed E-state index contributed by atoms with van der Waals surface area (Å²) < 4.78 is 176. The van der Waals surface area contributed by atoms with Crippen LogP contribution >= 0.6 is 0 Å². The van der Waals surface area contributed by atoms with E-state index in [0.717, 1.165) is 12.1 Å². The van der Waals surface area contributed by atoms with Gasteiger partial charge in [0, 0.05) is 38.2 Å². The first-order chi connectivity index (χ1) is 38.2. The summed E-state index contributed by atoms with van der Waals surface area (Å²) in [7, 11) is 0. The molecule has 80 heavy (non-hydrogen) atoms. The van der Waals surface area contributed by atoms with Crippen molar-refractivity contribution in [2.24, 2.45) is 0 Å². The molecule has 0 unspecified atom stereocenters. The summed E-state index contributed by atoms with van der Waals surface area (Å²) in [5, 5.41) is 13.8. The number of aromatic nitrogens is 4. The Morgan fingerprint density at radius 2 is 0.725 bits per heavy atom. The van der Waals surface area contributed by atoms with Crippen molar-refractivity contribution in [2.45, 2.75) is 24.7 Å². The van der Waals surface area contributed by atoms with Crippen molar-refractivity contribution in [3.05, 3.63) is 228 Å². The zero-order chi connectivity index (χ0) is 56.0. The molecule has 0 aliphatic heterocycles. The molecule has 3 aromatic heterocycles. The predicted molar refractivity (Wildman–Crippen MR) is 283 cm³/mol. The van der Waals surface area contributed by atoms with Gasteiger partial charge in [0.2, 0.25) is 0 Å². The van der Waals surface area contributed by atoms with E-state index in [1.54, 1.807) is 88.0 Å². The number of nitrogens with zero attached hydrogens (tertiary/aromatic N) is 5. The van der Waals surface area contributed by atoms with Crippen LogP contribution in [-0.4, -0.2) is 19.1 Å². The van der Waals surface area contributed by atoms with Gasteiger partial charge in [-0.25, -0.2) is 9.97 Å². The largest absolute Gasteiger partial charge is 0.417 e. The maximum atomic E-state index is 14.8. The van der Waals surface area contributed by atoms with Crippen LogP contribution in [0.15, 0.2) is 200 Å². The molecular weight excluding hydrogens is 1050 g/mol. The van der Waals surface area contributed by atoms with Gasteiger partial charge in [-0.05, 0) is 89.0 Å². The summed E-state index contributed by atoms with van der Waals surface area (Å²) in [6.07, 6.45) is -20.6. The van der Waals surface area contributed by atoms with Crippen LogP contribution < -0.4 is 0 Å². The molecule has 12 aromatic rings. The second kappa shape index (κ2) is 18.8. The van der Waals surface area contributed by atoms with Crippen LogP contribution in [-0.2, 0) is 24.7 Å². The van der Waals surface area contributed by atoms with Crippen LogP contribution in [0.2, 0.25) is 0 Å². The molecule has 0 bridgehead atoms. The highest BCUT2D eigenvalue weighted by Gasteiger charge is 2.40. The quantitative estimate of drug-likeness (QED) is 0.149. The zero-order valence-corrected chi connectivity index (χ0v) is 40.8. The lowest BCUT2D eigenvalue weighted by atomic mass is 9.96. The first-order valence-electron chi connectivity index (χ1n) is 24.4. The third-order valence-corrected chi connectivity index (χ3v) is 14.1. The van der Waals surface area contributed by atoms with Crippen molar-refractivity contribution in [3.63, 3.8) is 0 Å². The summed E-state index contributed by atoms with van der Waals surface area (Å²) >= 11 is 0. The van der Waals surface area contributed by atoms with Gasteiger partial charge in [0.1, 0.15) is 11.6 Å². The molecule has 0 aliphatic carbocycles. The Bertz CT molecular complexity index is 4210. The van der Waals surface area contributed by atoms with Gasteiger partial charge in [-0.3, -0.25) is 0 Å². The van der Waals surface area contributed by atoms with E-state index in [1.807, 2.05) is 60.7 Å². The van der Waals surface area contributed by atoms with Gasteiger partial charge in [0.15, 0.2) is 5.82 Å². The second-order valence-electron chi connectivity index (χ2n) is 18.9. The smallest absolute Gasteiger partial charge is 0.308 e. The lowest BCUT2D eigenvalue weighted by molar-refractivity contribution is -0.144. The van der Waals surface area contributed by atoms with Gasteiger partial charge in [-0.2, -0.15) is 57.9 Å². The fourth-order valence-electron chi connectivity index (χ4n) is 10.5. The van der Waals surface area contributed by atoms with Gasteiger partial charge < -0.3 is 9.13 Å². The number of nitriles is 1. The van der Waals surface area contributed by atoms with E-state index in [2.05, 4.69) is 6.07 Å². The maximum Gasteiger partial charge on any atom is 0.417 e. The number of benzene rings is 9. The Balaban J connectivity index is 1.20. The minimum Gasteiger partial charge on any atom is -0.308 e. The Kier molecular flexibility index (Phi) is 12.0. The molecule has 12 rings (SSSR count). The minimum absolute atomic E-state index is 0.0600. The minimum atomic E-state index is -5.23. The van der Waals surface area contributed by atoms with Crippen LogP contribution in [0.4, 0.5) is 52.7 Å². The highest BCUT2D eigenvalue weighted by molar-refractivity contribution is 6.12. The van der Waals surface area contributed by atoms with Gasteiger partial charge in [-0.1, -0.05) is 133 Å². The van der Waals surface area contributed by atoms with Crippen LogP contribution in [0, 0.1) is 11.3 Å². The van der Waals surface area contributed by atoms with Gasteiger partial charge in [0.25, 0.3) is 0 Å². The molecule has 394 valence electrons. The molecule has 0 atom stereocenters. The average Bonchev–Trinajstić information content (AvgIpc) is 4.19. The van der Waals surface area contributed by atoms with Crippen LogP contribution in [0.5, 0.6) is 0 Å². The topological polar surface area (TPSA) is 59.4 Å². The molecule has 0 spiro atoms. The normalized spacial score (nSPS) is 12.5. The second-order valence-corrected chi connectivity index (χ2v) is 18.9. The Morgan fingerprint density at radius 1 is 0.338 bits per heavy atom. The van der Waals surface area contributed by atoms with E-state index in [4.69, 9.17) is 9.97 Å². The number of para-hydroxylation sites is 2. The molecule has 5 nitrogen and oxygen atoms in total. The van der Waals surface area contributed by atoms with Crippen molar-refractivity contribution in [3.8, 4) is 73.6 Å². The Morgan fingerprint density at radius 3 is 1.11 bits per heavy atom. The number of hydrogen-bond acceptors (Lipinski definition) is 3. The predicted octanol–water partition coefficient (Wildman–Crippen LogP) is 19.0. The monoisotopic (exact) mass is 1090 g/mol. The Labute approximate surface area is 445 Å². The van der Waals surface area contributed by atoms with Crippen molar-refractivity contribution in [2.75, 3.05) is 0 Å². The van der Waals surface area contributed by atoms with Crippen molar-refractivity contribution in [1.82, 2.24) is 19.1 Å². The lowest BCUT2D eigenvalue weighted by Gasteiger charge is -2.19. The lowest BCUT2D eigenvalue weighted by Crippen LogP contribution is -2.12. The molecule has 3 heterocycles. The van der Waals surface area contributed by atoms with Crippen molar-refractivity contribution in [1.29, 1.82) is 5.26 Å². The van der Waals surface area contributed by atoms with E-state index >= 15 is 0 Å². The molecular formula is C63H33F12N5. The third-order valence-electron chi connectivity index (χ3n) is 14.1. The van der Waals surface area contributed by atoms with E-state index in [0.29, 0.717) is 67.2 Å². The number of hydrogen-bond donors (Lipinski definition) is 0. The van der Waals surface area contributed by atoms with Gasteiger partial charge in [0.05, 0.1) is 67.1 Å². The maximum absolute atomic E-state index is 14.8. The van der Waals surface area contributed by atoms with Gasteiger partial charge >= 0.3 is 24.7 Å². The molecule has 0 saturated carbocycles. The van der Waals surface area contributed by atoms with Crippen molar-refractivity contribution >= 4 is 43.6 Å². The first kappa shape index (κ1) is 51.1. The summed E-state index contributed by atoms with van der Waals surface area (Å²) in [6.45, 7) is 0. The standard InChI is InChI=1S/C63H33F12N5/c64-60(65,66)40-21-25-42(49(31-40)62(70,71)72)37-19-23-46-44-15-7-9-17-53(44)79(55(46)27-37)57-29-39(59-77-51(35-11-3-1-4-12-35)33-52(78-59)36-13-5-2-6-14-36)30-58(48(57)34-76)80-54-18-10-8-16-45(54)47-24-20-38(28-56(47)80)43-26-22-41(61(67,68)69)32-50(43)63(73,74)75/h1-33H. The number of rotatable bonds is 7. The van der Waals surface area contributed by atoms with E-state index in [9.17, 15) is 57.9 Å². The number of fused-ring (bicyclic) bond motifs is 6. The SMILES string of the molecule is N#Cc1c(-n2c3ccccc3c3ccc(-c4ccc(C(F)(F)F)cc4C(F)(F)F)cc32)cc(-c2nc(-c3ccccc3)cc(-c3ccccc3)n2)cc1-n1c2ccccc2c2ccc(-c3ccc(C(F)(F)F)cc3C(F)(F)F)cc21. The van der Waals surface area contributed by atoms with E-state index < -0.39 is 58.1 Å². The summed E-state index contributed by atoms with van der Waals surface area (Å²) in [5.41, 5.74) is -3.25.